The lowest BCUT2D eigenvalue weighted by Gasteiger charge is -2.45. The first-order valence-corrected chi connectivity index (χ1v) is 18.3. The van der Waals surface area contributed by atoms with Crippen molar-refractivity contribution in [2.45, 2.75) is 71.9 Å². The van der Waals surface area contributed by atoms with Gasteiger partial charge < -0.3 is 24.7 Å². The summed E-state index contributed by atoms with van der Waals surface area (Å²) >= 11 is 0. The van der Waals surface area contributed by atoms with Crippen LogP contribution in [0.15, 0.2) is 36.4 Å². The molecule has 0 saturated carbocycles. The van der Waals surface area contributed by atoms with E-state index in [2.05, 4.69) is 33.2 Å². The minimum atomic E-state index is -2.75. The Bertz CT molecular complexity index is 1820. The largest absolute Gasteiger partial charge is 0.478 e. The number of carbonyl (C=O) groups excluding carboxylic acids is 1. The Kier molecular flexibility index (Phi) is 9.76. The van der Waals surface area contributed by atoms with E-state index in [1.807, 2.05) is 23.1 Å². The number of hydrogen-bond acceptors (Lipinski definition) is 7. The van der Waals surface area contributed by atoms with Crippen LogP contribution >= 0.6 is 0 Å². The second-order valence-corrected chi connectivity index (χ2v) is 15.0. The molecule has 1 amide bonds. The summed E-state index contributed by atoms with van der Waals surface area (Å²) < 4.78 is 30.3. The van der Waals surface area contributed by atoms with Crippen molar-refractivity contribution >= 4 is 29.1 Å². The van der Waals surface area contributed by atoms with Gasteiger partial charge in [-0.3, -0.25) is 9.48 Å². The number of nitrogens with zero attached hydrogens (tertiary/aromatic N) is 7. The second-order valence-electron chi connectivity index (χ2n) is 15.0. The van der Waals surface area contributed by atoms with E-state index in [4.69, 9.17) is 5.10 Å². The molecule has 1 aromatic heterocycles. The van der Waals surface area contributed by atoms with Gasteiger partial charge in [0.1, 0.15) is 0 Å². The SMILES string of the molecule is CC(=O)N1CCc2c(c(N3CCCc4cc(C#N)c(C(F)F)cc43)nn2C2CCN(CC3[C@H](C)CN(c4ccc(C(=O)O)cc4)C[C@@H]3C)CC2)C1. The van der Waals surface area contributed by atoms with Crippen LogP contribution in [0.5, 0.6) is 0 Å². The molecule has 4 aliphatic rings. The molecule has 1 unspecified atom stereocenters. The third-order valence-corrected chi connectivity index (χ3v) is 11.8. The summed E-state index contributed by atoms with van der Waals surface area (Å²) in [5.74, 6) is 1.37. The summed E-state index contributed by atoms with van der Waals surface area (Å²) in [5, 5.41) is 24.1. The third-order valence-electron chi connectivity index (χ3n) is 11.8. The van der Waals surface area contributed by atoms with Crippen molar-refractivity contribution in [3.63, 3.8) is 0 Å². The van der Waals surface area contributed by atoms with Crippen molar-refractivity contribution in [3.8, 4) is 6.07 Å². The highest BCUT2D eigenvalue weighted by Crippen LogP contribution is 2.42. The van der Waals surface area contributed by atoms with Crippen LogP contribution in [0.4, 0.5) is 26.0 Å². The zero-order valence-electron chi connectivity index (χ0n) is 29.7. The number of likely N-dealkylation sites (tertiary alicyclic amines) is 1. The lowest BCUT2D eigenvalue weighted by molar-refractivity contribution is -0.129. The minimum absolute atomic E-state index is 0.00994. The number of rotatable bonds is 7. The summed E-state index contributed by atoms with van der Waals surface area (Å²) in [6, 6.07) is 12.5. The molecule has 2 fully saturated rings. The number of carboxylic acids is 1. The van der Waals surface area contributed by atoms with Crippen LogP contribution in [0, 0.1) is 29.1 Å². The number of carboxylic acid groups (broad SMARTS) is 1. The number of aryl methyl sites for hydroxylation is 1. The smallest absolute Gasteiger partial charge is 0.335 e. The Morgan fingerprint density at radius 2 is 1.73 bits per heavy atom. The summed E-state index contributed by atoms with van der Waals surface area (Å²) in [6.45, 7) is 12.8. The molecule has 2 saturated heterocycles. The number of halogens is 2. The van der Waals surface area contributed by atoms with Gasteiger partial charge >= 0.3 is 5.97 Å². The van der Waals surface area contributed by atoms with Crippen LogP contribution in [-0.4, -0.2) is 82.4 Å². The molecule has 3 aromatic rings. The highest BCUT2D eigenvalue weighted by Gasteiger charge is 2.37. The van der Waals surface area contributed by atoms with Crippen LogP contribution < -0.4 is 9.80 Å². The van der Waals surface area contributed by atoms with Gasteiger partial charge in [-0.05, 0) is 85.4 Å². The normalized spacial score (nSPS) is 22.8. The number of carbonyl (C=O) groups is 2. The predicted molar refractivity (Wildman–Crippen MR) is 191 cm³/mol. The van der Waals surface area contributed by atoms with Gasteiger partial charge in [-0.15, -0.1) is 0 Å². The Morgan fingerprint density at radius 1 is 1.02 bits per heavy atom. The van der Waals surface area contributed by atoms with Gasteiger partial charge in [0.05, 0.1) is 29.8 Å². The summed E-state index contributed by atoms with van der Waals surface area (Å²) in [4.78, 5) is 32.7. The van der Waals surface area contributed by atoms with Gasteiger partial charge in [0.15, 0.2) is 5.82 Å². The quantitative estimate of drug-likeness (QED) is 0.301. The van der Waals surface area contributed by atoms with Gasteiger partial charge in [0, 0.05) is 87.4 Å². The number of aromatic carboxylic acids is 1. The molecule has 1 N–H and O–H groups in total. The Morgan fingerprint density at radius 3 is 2.35 bits per heavy atom. The third kappa shape index (κ3) is 6.80. The minimum Gasteiger partial charge on any atom is -0.478 e. The fourth-order valence-electron chi connectivity index (χ4n) is 8.99. The number of piperidine rings is 2. The van der Waals surface area contributed by atoms with E-state index in [0.29, 0.717) is 61.5 Å². The first-order valence-electron chi connectivity index (χ1n) is 18.3. The zero-order chi connectivity index (χ0) is 36.0. The monoisotopic (exact) mass is 699 g/mol. The fourth-order valence-corrected chi connectivity index (χ4v) is 8.99. The maximum Gasteiger partial charge on any atom is 0.335 e. The number of aromatic nitrogens is 2. The Labute approximate surface area is 298 Å². The molecule has 10 nitrogen and oxygen atoms in total. The topological polar surface area (TPSA) is 109 Å². The van der Waals surface area contributed by atoms with Gasteiger partial charge in [0.2, 0.25) is 5.91 Å². The number of benzene rings is 2. The molecule has 51 heavy (non-hydrogen) atoms. The van der Waals surface area contributed by atoms with E-state index in [9.17, 15) is 28.7 Å². The van der Waals surface area contributed by atoms with E-state index in [-0.39, 0.29) is 23.1 Å². The standard InChI is InChI=1S/C39H47F2N7O3/c1-24-20-46(30-8-6-27(7-9-30)39(50)51)21-25(2)33(24)22-44-14-10-31(11-15-44)48-35-12-16-45(26(3)49)23-34(35)38(43-48)47-13-4-5-28-17-29(19-42)32(37(40)41)18-36(28)47/h6-9,17-18,24-25,31,33,37H,4-5,10-16,20-23H2,1-3H3,(H,50,51)/t24-,25+,33?. The average Bonchev–Trinajstić information content (AvgIpc) is 3.51. The molecule has 0 spiro atoms. The first-order chi connectivity index (χ1) is 24.5. The van der Waals surface area contributed by atoms with Crippen molar-refractivity contribution in [3.05, 3.63) is 69.9 Å². The van der Waals surface area contributed by atoms with E-state index in [1.54, 1.807) is 25.1 Å². The first kappa shape index (κ1) is 34.9. The van der Waals surface area contributed by atoms with Gasteiger partial charge in [0.25, 0.3) is 6.43 Å². The molecule has 2 aromatic carbocycles. The molecule has 7 rings (SSSR count). The molecular formula is C39H47F2N7O3. The molecular weight excluding hydrogens is 652 g/mol. The van der Waals surface area contributed by atoms with Crippen LogP contribution in [0.3, 0.4) is 0 Å². The van der Waals surface area contributed by atoms with Gasteiger partial charge in [-0.25, -0.2) is 13.6 Å². The zero-order valence-corrected chi connectivity index (χ0v) is 29.7. The number of anilines is 3. The van der Waals surface area contributed by atoms with Crippen LogP contribution in [0.25, 0.3) is 0 Å². The molecule has 0 radical (unpaired) electrons. The van der Waals surface area contributed by atoms with Crippen molar-refractivity contribution in [2.75, 3.05) is 55.6 Å². The summed E-state index contributed by atoms with van der Waals surface area (Å²) in [5.41, 5.74) is 4.85. The van der Waals surface area contributed by atoms with E-state index in [1.165, 1.54) is 6.07 Å². The molecule has 4 aliphatic heterocycles. The summed E-state index contributed by atoms with van der Waals surface area (Å²) in [7, 11) is 0. The van der Waals surface area contributed by atoms with E-state index >= 15 is 0 Å². The van der Waals surface area contributed by atoms with Gasteiger partial charge in [-0.1, -0.05) is 13.8 Å². The Balaban J connectivity index is 1.07. The second kappa shape index (κ2) is 14.3. The number of fused-ring (bicyclic) bond motifs is 2. The van der Waals surface area contributed by atoms with Crippen LogP contribution in [-0.2, 0) is 24.2 Å². The number of alkyl halides is 2. The van der Waals surface area contributed by atoms with E-state index < -0.39 is 12.4 Å². The average molecular weight is 700 g/mol. The number of hydrogen-bond donors (Lipinski definition) is 1. The molecule has 5 heterocycles. The van der Waals surface area contributed by atoms with Crippen molar-refractivity contribution in [1.29, 1.82) is 5.26 Å². The lowest BCUT2D eigenvalue weighted by Crippen LogP contribution is -2.49. The maximum atomic E-state index is 14.1. The highest BCUT2D eigenvalue weighted by atomic mass is 19.3. The fraction of sp³-hybridized carbons (Fsp3) is 0.538. The van der Waals surface area contributed by atoms with Gasteiger partial charge in [-0.2, -0.15) is 10.4 Å². The van der Waals surface area contributed by atoms with Crippen LogP contribution in [0.1, 0.15) is 90.8 Å². The molecule has 270 valence electrons. The maximum absolute atomic E-state index is 14.1. The predicted octanol–water partition coefficient (Wildman–Crippen LogP) is 6.42. The van der Waals surface area contributed by atoms with Crippen molar-refractivity contribution < 1.29 is 23.5 Å². The molecule has 12 heteroatoms. The van der Waals surface area contributed by atoms with Crippen LogP contribution in [0.2, 0.25) is 0 Å². The van der Waals surface area contributed by atoms with Crippen molar-refractivity contribution in [2.24, 2.45) is 17.8 Å². The molecule has 0 aliphatic carbocycles. The van der Waals surface area contributed by atoms with E-state index in [0.717, 1.165) is 80.3 Å². The lowest BCUT2D eigenvalue weighted by atomic mass is 9.78. The highest BCUT2D eigenvalue weighted by molar-refractivity contribution is 5.88. The molecule has 0 bridgehead atoms. The number of nitriles is 1. The van der Waals surface area contributed by atoms with Crippen molar-refractivity contribution in [1.82, 2.24) is 19.6 Å². The summed E-state index contributed by atoms with van der Waals surface area (Å²) in [6.07, 6.45) is 1.38. The molecule has 3 atom stereocenters. The Hall–Kier alpha value is -4.50. The number of amides is 1.